The van der Waals surface area contributed by atoms with E-state index in [1.165, 1.54) is 0 Å². The summed E-state index contributed by atoms with van der Waals surface area (Å²) in [6.07, 6.45) is -1.82. The number of alkyl carbamates (subject to hydrolysis) is 1. The third-order valence-corrected chi connectivity index (χ3v) is 8.82. The minimum Gasteiger partial charge on any atom is -0.445 e. The van der Waals surface area contributed by atoms with Gasteiger partial charge in [0, 0.05) is 13.1 Å². The average Bonchev–Trinajstić information content (AvgIpc) is 3.18. The molecule has 0 aliphatic carbocycles. The van der Waals surface area contributed by atoms with E-state index >= 15 is 0 Å². The van der Waals surface area contributed by atoms with E-state index in [9.17, 15) is 24.3 Å². The number of amides is 4. The molecule has 0 fully saturated rings. The van der Waals surface area contributed by atoms with Crippen LogP contribution in [0.3, 0.4) is 0 Å². The van der Waals surface area contributed by atoms with Crippen molar-refractivity contribution in [2.24, 2.45) is 5.92 Å². The molecule has 0 saturated heterocycles. The Morgan fingerprint density at radius 2 is 1.11 bits per heavy atom. The van der Waals surface area contributed by atoms with E-state index in [0.29, 0.717) is 0 Å². The van der Waals surface area contributed by atoms with Gasteiger partial charge in [-0.3, -0.25) is 19.7 Å². The van der Waals surface area contributed by atoms with E-state index < -0.39 is 48.2 Å². The van der Waals surface area contributed by atoms with Crippen LogP contribution in [0.2, 0.25) is 0 Å². The van der Waals surface area contributed by atoms with Gasteiger partial charge >= 0.3 is 6.09 Å². The fourth-order valence-corrected chi connectivity index (χ4v) is 5.77. The summed E-state index contributed by atoms with van der Waals surface area (Å²) in [6, 6.07) is 33.2. The zero-order valence-electron chi connectivity index (χ0n) is 30.5. The number of rotatable bonds is 19. The van der Waals surface area contributed by atoms with E-state index in [4.69, 9.17) is 4.74 Å². The number of aliphatic hydroxyl groups is 1. The van der Waals surface area contributed by atoms with Crippen molar-refractivity contribution in [3.05, 3.63) is 144 Å². The normalized spacial score (nSPS) is 13.8. The SMILES string of the molecule is CC[C@H](NC(=O)OCc1ccccc1)C(=O)N[C@@H](Cc1ccccc1)[C@@H](O)[C@@H](NCc1ccccc1)C(=O)N[C@H](C(=O)NCc1ccccc1)C(C)C. The molecule has 0 aliphatic rings. The Bertz CT molecular complexity index is 1710. The van der Waals surface area contributed by atoms with Crippen molar-refractivity contribution in [2.45, 2.75) is 83.6 Å². The van der Waals surface area contributed by atoms with Crippen molar-refractivity contribution in [2.75, 3.05) is 0 Å². The van der Waals surface area contributed by atoms with Gasteiger partial charge in [0.05, 0.1) is 12.1 Å². The standard InChI is InChI=1S/C42H51N5O6/c1-4-34(46-42(52)53-28-33-23-15-8-16-24-33)39(49)45-35(25-30-17-9-5-10-18-30)38(48)37(43-26-31-19-11-6-12-20-31)41(51)47-36(29(2)3)40(50)44-27-32-21-13-7-14-22-32/h5-24,29,34-38,43,48H,4,25-28H2,1-3H3,(H,44,50)(H,45,49)(H,46,52)(H,47,51)/t34-,35-,36-,37+,38+/m0/s1. The molecule has 53 heavy (non-hydrogen) atoms. The zero-order chi connectivity index (χ0) is 38.0. The second-order valence-electron chi connectivity index (χ2n) is 13.2. The molecule has 0 radical (unpaired) electrons. The van der Waals surface area contributed by atoms with Gasteiger partial charge in [-0.05, 0) is 41.0 Å². The lowest BCUT2D eigenvalue weighted by Crippen LogP contribution is -2.63. The number of hydrogen-bond acceptors (Lipinski definition) is 7. The van der Waals surface area contributed by atoms with E-state index in [1.54, 1.807) is 6.92 Å². The molecule has 0 heterocycles. The summed E-state index contributed by atoms with van der Waals surface area (Å²) >= 11 is 0. The first kappa shape index (κ1) is 40.3. The Labute approximate surface area is 311 Å². The highest BCUT2D eigenvalue weighted by atomic mass is 16.5. The van der Waals surface area contributed by atoms with Crippen molar-refractivity contribution in [1.29, 1.82) is 0 Å². The maximum Gasteiger partial charge on any atom is 0.408 e. The molecular formula is C42H51N5O6. The number of carbonyl (C=O) groups is 4. The third-order valence-electron chi connectivity index (χ3n) is 8.82. The molecule has 4 aromatic rings. The monoisotopic (exact) mass is 721 g/mol. The quantitative estimate of drug-likeness (QED) is 0.0839. The van der Waals surface area contributed by atoms with Gasteiger partial charge in [-0.2, -0.15) is 0 Å². The van der Waals surface area contributed by atoms with Crippen LogP contribution in [-0.2, 0) is 45.2 Å². The predicted octanol–water partition coefficient (Wildman–Crippen LogP) is 4.40. The van der Waals surface area contributed by atoms with E-state index in [1.807, 2.05) is 135 Å². The highest BCUT2D eigenvalue weighted by Crippen LogP contribution is 2.14. The molecular weight excluding hydrogens is 670 g/mol. The zero-order valence-corrected chi connectivity index (χ0v) is 30.5. The molecule has 4 aromatic carbocycles. The lowest BCUT2D eigenvalue weighted by Gasteiger charge is -2.33. The molecule has 11 nitrogen and oxygen atoms in total. The van der Waals surface area contributed by atoms with Crippen molar-refractivity contribution in [1.82, 2.24) is 26.6 Å². The van der Waals surface area contributed by atoms with Gasteiger partial charge in [0.1, 0.15) is 24.7 Å². The number of carbonyl (C=O) groups excluding carboxylic acids is 4. The van der Waals surface area contributed by atoms with E-state index in [0.717, 1.165) is 22.3 Å². The lowest BCUT2D eigenvalue weighted by molar-refractivity contribution is -0.133. The molecule has 0 aliphatic heterocycles. The Morgan fingerprint density at radius 1 is 0.604 bits per heavy atom. The van der Waals surface area contributed by atoms with Gasteiger partial charge in [-0.25, -0.2) is 4.79 Å². The first-order valence-electron chi connectivity index (χ1n) is 18.0. The summed E-state index contributed by atoms with van der Waals surface area (Å²) in [5.74, 6) is -1.80. The van der Waals surface area contributed by atoms with Crippen LogP contribution >= 0.6 is 0 Å². The van der Waals surface area contributed by atoms with Crippen LogP contribution in [-0.4, -0.2) is 59.2 Å². The fourth-order valence-electron chi connectivity index (χ4n) is 5.77. The van der Waals surface area contributed by atoms with Crippen LogP contribution in [0.15, 0.2) is 121 Å². The van der Waals surface area contributed by atoms with Gasteiger partial charge in [-0.15, -0.1) is 0 Å². The summed E-state index contributed by atoms with van der Waals surface area (Å²) in [4.78, 5) is 54.0. The van der Waals surface area contributed by atoms with Crippen molar-refractivity contribution in [3.8, 4) is 0 Å². The summed E-state index contributed by atoms with van der Waals surface area (Å²) in [5.41, 5.74) is 3.39. The predicted molar refractivity (Wildman–Crippen MR) is 204 cm³/mol. The minimum atomic E-state index is -1.47. The molecule has 11 heteroatoms. The summed E-state index contributed by atoms with van der Waals surface area (Å²) in [7, 11) is 0. The highest BCUT2D eigenvalue weighted by molar-refractivity contribution is 5.90. The number of nitrogens with one attached hydrogen (secondary N) is 5. The second kappa shape index (κ2) is 21.1. The minimum absolute atomic E-state index is 0.0333. The molecule has 4 amide bonds. The van der Waals surface area contributed by atoms with Gasteiger partial charge in [0.15, 0.2) is 0 Å². The molecule has 0 aromatic heterocycles. The molecule has 0 bridgehead atoms. The van der Waals surface area contributed by atoms with E-state index in [2.05, 4.69) is 26.6 Å². The van der Waals surface area contributed by atoms with Crippen molar-refractivity contribution < 1.29 is 29.0 Å². The Morgan fingerprint density at radius 3 is 1.64 bits per heavy atom. The Balaban J connectivity index is 1.54. The van der Waals surface area contributed by atoms with Crippen LogP contribution < -0.4 is 26.6 Å². The second-order valence-corrected chi connectivity index (χ2v) is 13.2. The van der Waals surface area contributed by atoms with Crippen LogP contribution in [0.25, 0.3) is 0 Å². The molecule has 280 valence electrons. The summed E-state index contributed by atoms with van der Waals surface area (Å²) in [5, 5.41) is 26.6. The summed E-state index contributed by atoms with van der Waals surface area (Å²) < 4.78 is 5.35. The van der Waals surface area contributed by atoms with Gasteiger partial charge in [0.2, 0.25) is 17.7 Å². The average molecular weight is 722 g/mol. The number of benzene rings is 4. The first-order valence-corrected chi connectivity index (χ1v) is 18.0. The molecule has 0 saturated carbocycles. The fraction of sp³-hybridized carbons (Fsp3) is 0.333. The summed E-state index contributed by atoms with van der Waals surface area (Å²) in [6.45, 7) is 5.95. The van der Waals surface area contributed by atoms with Gasteiger partial charge in [0.25, 0.3) is 0 Å². The molecule has 0 spiro atoms. The number of hydrogen-bond donors (Lipinski definition) is 6. The molecule has 4 rings (SSSR count). The molecule has 0 unspecified atom stereocenters. The molecule has 5 atom stereocenters. The Kier molecular flexibility index (Phi) is 16.0. The topological polar surface area (TPSA) is 158 Å². The van der Waals surface area contributed by atoms with Gasteiger partial charge < -0.3 is 31.1 Å². The maximum atomic E-state index is 14.2. The lowest BCUT2D eigenvalue weighted by atomic mass is 9.94. The largest absolute Gasteiger partial charge is 0.445 e. The number of ether oxygens (including phenoxy) is 1. The molecule has 6 N–H and O–H groups in total. The van der Waals surface area contributed by atoms with Crippen LogP contribution in [0.1, 0.15) is 49.4 Å². The van der Waals surface area contributed by atoms with Crippen molar-refractivity contribution >= 4 is 23.8 Å². The van der Waals surface area contributed by atoms with Crippen LogP contribution in [0.4, 0.5) is 4.79 Å². The van der Waals surface area contributed by atoms with Crippen LogP contribution in [0.5, 0.6) is 0 Å². The van der Waals surface area contributed by atoms with E-state index in [-0.39, 0.29) is 44.4 Å². The van der Waals surface area contributed by atoms with Crippen LogP contribution in [0, 0.1) is 5.92 Å². The first-order chi connectivity index (χ1) is 25.6. The Hall–Kier alpha value is -5.52. The number of aliphatic hydroxyl groups excluding tert-OH is 1. The third kappa shape index (κ3) is 13.2. The van der Waals surface area contributed by atoms with Crippen molar-refractivity contribution in [3.63, 3.8) is 0 Å². The highest BCUT2D eigenvalue weighted by Gasteiger charge is 2.37. The van der Waals surface area contributed by atoms with Gasteiger partial charge in [-0.1, -0.05) is 142 Å². The smallest absolute Gasteiger partial charge is 0.408 e. The maximum absolute atomic E-state index is 14.2.